The molecule has 4 nitrogen and oxygen atoms in total. The molecule has 0 fully saturated rings. The summed E-state index contributed by atoms with van der Waals surface area (Å²) in [6.07, 6.45) is 0. The predicted octanol–water partition coefficient (Wildman–Crippen LogP) is 3.95. The first kappa shape index (κ1) is 18.7. The van der Waals surface area contributed by atoms with Gasteiger partial charge in [-0.25, -0.2) is 13.2 Å². The van der Waals surface area contributed by atoms with Gasteiger partial charge >= 0.3 is 0 Å². The minimum absolute atomic E-state index is 0.0370. The molecule has 1 N–H and O–H groups in total. The van der Waals surface area contributed by atoms with Crippen molar-refractivity contribution in [2.24, 2.45) is 5.92 Å². The van der Waals surface area contributed by atoms with E-state index in [0.29, 0.717) is 5.56 Å². The van der Waals surface area contributed by atoms with Crippen LogP contribution in [0.15, 0.2) is 48.2 Å². The Kier molecular flexibility index (Phi) is 5.03. The van der Waals surface area contributed by atoms with Crippen LogP contribution in [0.1, 0.15) is 19.4 Å². The summed E-state index contributed by atoms with van der Waals surface area (Å²) >= 11 is 0. The predicted molar refractivity (Wildman–Crippen MR) is 94.9 cm³/mol. The second kappa shape index (κ2) is 7.26. The summed E-state index contributed by atoms with van der Waals surface area (Å²) in [5.74, 6) is -3.65. The number of amides is 2. The van der Waals surface area contributed by atoms with E-state index in [1.807, 2.05) is 13.8 Å². The third-order valence-electron chi connectivity index (χ3n) is 4.04. The van der Waals surface area contributed by atoms with Gasteiger partial charge in [0, 0.05) is 18.3 Å². The lowest BCUT2D eigenvalue weighted by Gasteiger charge is -2.17. The molecule has 2 aromatic rings. The first-order chi connectivity index (χ1) is 12.8. The fraction of sp³-hybridized carbons (Fsp3) is 0.200. The van der Waals surface area contributed by atoms with Gasteiger partial charge in [0.25, 0.3) is 11.8 Å². The maximum absolute atomic E-state index is 13.5. The highest BCUT2D eigenvalue weighted by molar-refractivity contribution is 6.36. The van der Waals surface area contributed by atoms with Crippen LogP contribution in [0.5, 0.6) is 0 Å². The Balaban J connectivity index is 2.06. The van der Waals surface area contributed by atoms with Crippen molar-refractivity contribution in [1.82, 2.24) is 4.90 Å². The number of imide groups is 1. The van der Waals surface area contributed by atoms with Crippen LogP contribution < -0.4 is 5.32 Å². The number of halogens is 3. The zero-order chi connectivity index (χ0) is 19.7. The number of anilines is 1. The van der Waals surface area contributed by atoms with Crippen LogP contribution >= 0.6 is 0 Å². The monoisotopic (exact) mass is 374 g/mol. The molecule has 140 valence electrons. The zero-order valence-electron chi connectivity index (χ0n) is 14.7. The number of rotatable bonds is 5. The molecule has 0 aliphatic carbocycles. The molecule has 1 heterocycles. The second-order valence-corrected chi connectivity index (χ2v) is 6.63. The van der Waals surface area contributed by atoms with Crippen LogP contribution in [-0.4, -0.2) is 23.3 Å². The Morgan fingerprint density at radius 2 is 1.59 bits per heavy atom. The van der Waals surface area contributed by atoms with E-state index in [1.54, 1.807) is 0 Å². The van der Waals surface area contributed by atoms with Crippen molar-refractivity contribution < 1.29 is 22.8 Å². The quantitative estimate of drug-likeness (QED) is 0.807. The SMILES string of the molecule is CC(C)CN1C(=O)C(Nc2ccc(F)c(F)c2)=C(c2ccc(F)cc2)C1=O. The van der Waals surface area contributed by atoms with Gasteiger partial charge in [0.2, 0.25) is 0 Å². The molecule has 27 heavy (non-hydrogen) atoms. The largest absolute Gasteiger partial charge is 0.350 e. The van der Waals surface area contributed by atoms with Crippen LogP contribution in [0.2, 0.25) is 0 Å². The summed E-state index contributed by atoms with van der Waals surface area (Å²) in [5.41, 5.74) is 0.478. The smallest absolute Gasteiger partial charge is 0.278 e. The van der Waals surface area contributed by atoms with Crippen molar-refractivity contribution in [2.45, 2.75) is 13.8 Å². The van der Waals surface area contributed by atoms with E-state index in [0.717, 1.165) is 17.0 Å². The van der Waals surface area contributed by atoms with Gasteiger partial charge < -0.3 is 5.32 Å². The van der Waals surface area contributed by atoms with Gasteiger partial charge in [0.05, 0.1) is 5.57 Å². The highest BCUT2D eigenvalue weighted by Gasteiger charge is 2.39. The molecule has 0 spiro atoms. The van der Waals surface area contributed by atoms with E-state index >= 15 is 0 Å². The molecule has 0 atom stereocenters. The molecule has 0 bridgehead atoms. The molecular weight excluding hydrogens is 357 g/mol. The summed E-state index contributed by atoms with van der Waals surface area (Å²) < 4.78 is 39.9. The molecule has 0 aromatic heterocycles. The summed E-state index contributed by atoms with van der Waals surface area (Å²) in [7, 11) is 0. The van der Waals surface area contributed by atoms with E-state index < -0.39 is 29.3 Å². The minimum atomic E-state index is -1.08. The highest BCUT2D eigenvalue weighted by Crippen LogP contribution is 2.31. The Morgan fingerprint density at radius 3 is 2.19 bits per heavy atom. The lowest BCUT2D eigenvalue weighted by atomic mass is 10.0. The number of carbonyl (C=O) groups excluding carboxylic acids is 2. The molecule has 2 amide bonds. The molecule has 0 unspecified atom stereocenters. The number of benzene rings is 2. The Hall–Kier alpha value is -3.09. The fourth-order valence-corrected chi connectivity index (χ4v) is 2.83. The lowest BCUT2D eigenvalue weighted by molar-refractivity contribution is -0.137. The maximum atomic E-state index is 13.5. The van der Waals surface area contributed by atoms with E-state index in [2.05, 4.69) is 5.32 Å². The molecule has 7 heteroatoms. The van der Waals surface area contributed by atoms with Crippen molar-refractivity contribution >= 4 is 23.1 Å². The number of nitrogens with zero attached hydrogens (tertiary/aromatic N) is 1. The van der Waals surface area contributed by atoms with Gasteiger partial charge in [-0.1, -0.05) is 26.0 Å². The second-order valence-electron chi connectivity index (χ2n) is 6.63. The summed E-state index contributed by atoms with van der Waals surface area (Å²) in [5, 5.41) is 2.72. The maximum Gasteiger partial charge on any atom is 0.278 e. The van der Waals surface area contributed by atoms with Gasteiger partial charge in [-0.05, 0) is 35.7 Å². The van der Waals surface area contributed by atoms with Crippen molar-refractivity contribution in [3.63, 3.8) is 0 Å². The average Bonchev–Trinajstić information content (AvgIpc) is 2.83. The molecule has 1 aliphatic heterocycles. The van der Waals surface area contributed by atoms with Crippen molar-refractivity contribution in [1.29, 1.82) is 0 Å². The summed E-state index contributed by atoms with van der Waals surface area (Å²) in [6, 6.07) is 8.22. The summed E-state index contributed by atoms with van der Waals surface area (Å²) in [6.45, 7) is 3.92. The zero-order valence-corrected chi connectivity index (χ0v) is 14.7. The lowest BCUT2D eigenvalue weighted by Crippen LogP contribution is -2.35. The first-order valence-electron chi connectivity index (χ1n) is 8.36. The number of carbonyl (C=O) groups is 2. The normalized spacial score (nSPS) is 14.5. The first-order valence-corrected chi connectivity index (χ1v) is 8.36. The number of hydrogen-bond donors (Lipinski definition) is 1. The average molecular weight is 374 g/mol. The molecule has 0 radical (unpaired) electrons. The number of hydrogen-bond acceptors (Lipinski definition) is 3. The van der Waals surface area contributed by atoms with Crippen molar-refractivity contribution in [3.05, 3.63) is 71.2 Å². The third-order valence-corrected chi connectivity index (χ3v) is 4.04. The molecule has 0 saturated heterocycles. The van der Waals surface area contributed by atoms with Crippen LogP contribution in [0.4, 0.5) is 18.9 Å². The van der Waals surface area contributed by atoms with Crippen LogP contribution in [0.25, 0.3) is 5.57 Å². The molecule has 3 rings (SSSR count). The Bertz CT molecular complexity index is 937. The van der Waals surface area contributed by atoms with E-state index in [-0.39, 0.29) is 29.4 Å². The third kappa shape index (κ3) is 3.72. The van der Waals surface area contributed by atoms with E-state index in [4.69, 9.17) is 0 Å². The van der Waals surface area contributed by atoms with Gasteiger partial charge in [-0.3, -0.25) is 14.5 Å². The summed E-state index contributed by atoms with van der Waals surface area (Å²) in [4.78, 5) is 26.7. The van der Waals surface area contributed by atoms with Gasteiger partial charge in [0.1, 0.15) is 11.5 Å². The van der Waals surface area contributed by atoms with Crippen LogP contribution in [0, 0.1) is 23.4 Å². The van der Waals surface area contributed by atoms with Crippen LogP contribution in [0.3, 0.4) is 0 Å². The highest BCUT2D eigenvalue weighted by atomic mass is 19.2. The Morgan fingerprint density at radius 1 is 0.926 bits per heavy atom. The molecule has 2 aromatic carbocycles. The van der Waals surface area contributed by atoms with Crippen molar-refractivity contribution in [2.75, 3.05) is 11.9 Å². The molecular formula is C20H17F3N2O2. The van der Waals surface area contributed by atoms with Crippen LogP contribution in [-0.2, 0) is 9.59 Å². The van der Waals surface area contributed by atoms with Gasteiger partial charge in [-0.2, -0.15) is 0 Å². The van der Waals surface area contributed by atoms with E-state index in [9.17, 15) is 22.8 Å². The van der Waals surface area contributed by atoms with Gasteiger partial charge in [-0.15, -0.1) is 0 Å². The number of nitrogens with one attached hydrogen (secondary N) is 1. The van der Waals surface area contributed by atoms with Gasteiger partial charge in [0.15, 0.2) is 11.6 Å². The Labute approximate surface area is 154 Å². The topological polar surface area (TPSA) is 49.4 Å². The van der Waals surface area contributed by atoms with E-state index in [1.165, 1.54) is 30.3 Å². The van der Waals surface area contributed by atoms with Crippen molar-refractivity contribution in [3.8, 4) is 0 Å². The molecule has 0 saturated carbocycles. The standard InChI is InChI=1S/C20H17F3N2O2/c1-11(2)10-25-19(26)17(12-3-5-13(21)6-4-12)18(20(25)27)24-14-7-8-15(22)16(23)9-14/h3-9,11,24H,10H2,1-2H3. The molecule has 1 aliphatic rings. The minimum Gasteiger partial charge on any atom is -0.350 e. The fourth-order valence-electron chi connectivity index (χ4n) is 2.83.